The van der Waals surface area contributed by atoms with Crippen molar-refractivity contribution in [3.63, 3.8) is 0 Å². The first kappa shape index (κ1) is 23.7. The van der Waals surface area contributed by atoms with Gasteiger partial charge in [-0.25, -0.2) is 0 Å². The summed E-state index contributed by atoms with van der Waals surface area (Å²) in [6.07, 6.45) is -4.81. The second-order valence-electron chi connectivity index (χ2n) is 6.78. The van der Waals surface area contributed by atoms with Gasteiger partial charge in [-0.05, 0) is 25.8 Å². The van der Waals surface area contributed by atoms with Crippen molar-refractivity contribution in [3.05, 3.63) is 0 Å². The monoisotopic (exact) mass is 353 g/mol. The largest absolute Gasteiger partial charge is 0.394 e. The molecule has 8 heteroatoms. The summed E-state index contributed by atoms with van der Waals surface area (Å²) in [6, 6.07) is 0. The number of hydrogen-bond acceptors (Lipinski definition) is 8. The maximum Gasteiger partial charge on any atom is 0.111 e. The highest BCUT2D eigenvalue weighted by atomic mass is 16.5. The molecular formula is C16H35NO7. The van der Waals surface area contributed by atoms with Crippen molar-refractivity contribution in [3.8, 4) is 0 Å². The van der Waals surface area contributed by atoms with Crippen LogP contribution in [0.4, 0.5) is 0 Å². The maximum absolute atomic E-state index is 9.88. The van der Waals surface area contributed by atoms with Crippen molar-refractivity contribution in [1.82, 2.24) is 4.90 Å². The second-order valence-corrected chi connectivity index (χ2v) is 6.78. The van der Waals surface area contributed by atoms with Crippen molar-refractivity contribution in [1.29, 1.82) is 0 Å². The lowest BCUT2D eigenvalue weighted by molar-refractivity contribution is -0.119. The van der Waals surface area contributed by atoms with E-state index in [1.807, 2.05) is 0 Å². The average Bonchev–Trinajstić information content (AvgIpc) is 2.51. The van der Waals surface area contributed by atoms with Gasteiger partial charge in [0.25, 0.3) is 0 Å². The molecule has 0 aliphatic heterocycles. The predicted octanol–water partition coefficient (Wildman–Crippen LogP) is -1.83. The van der Waals surface area contributed by atoms with Crippen LogP contribution in [-0.4, -0.2) is 106 Å². The summed E-state index contributed by atoms with van der Waals surface area (Å²) >= 11 is 0. The highest BCUT2D eigenvalue weighted by molar-refractivity contribution is 4.82. The summed E-state index contributed by atoms with van der Waals surface area (Å²) in [7, 11) is 1.65. The standard InChI is InChI=1S/C16H35NO7/c1-11(2)5-4-6-24-10-12(19)7-17(3)8-13(20)15(22)16(23)14(21)9-18/h11-16,18-23H,4-10H2,1-3H3. The number of nitrogens with zero attached hydrogens (tertiary/aromatic N) is 1. The minimum Gasteiger partial charge on any atom is -0.394 e. The minimum absolute atomic E-state index is 0.0131. The third-order valence-corrected chi connectivity index (χ3v) is 3.73. The first-order valence-corrected chi connectivity index (χ1v) is 8.46. The molecule has 24 heavy (non-hydrogen) atoms. The van der Waals surface area contributed by atoms with Gasteiger partial charge >= 0.3 is 0 Å². The van der Waals surface area contributed by atoms with E-state index in [-0.39, 0.29) is 19.7 Å². The molecule has 0 rings (SSSR count). The molecule has 146 valence electrons. The van der Waals surface area contributed by atoms with Crippen molar-refractivity contribution in [2.45, 2.75) is 57.2 Å². The highest BCUT2D eigenvalue weighted by Crippen LogP contribution is 2.07. The molecule has 5 unspecified atom stereocenters. The third-order valence-electron chi connectivity index (χ3n) is 3.73. The van der Waals surface area contributed by atoms with Crippen LogP contribution in [0.1, 0.15) is 26.7 Å². The van der Waals surface area contributed by atoms with Gasteiger partial charge in [-0.15, -0.1) is 0 Å². The number of aliphatic hydroxyl groups is 6. The van der Waals surface area contributed by atoms with Crippen LogP contribution in [-0.2, 0) is 4.74 Å². The Kier molecular flexibility index (Phi) is 12.8. The van der Waals surface area contributed by atoms with Crippen LogP contribution in [0.5, 0.6) is 0 Å². The molecule has 0 radical (unpaired) electrons. The molecule has 0 heterocycles. The average molecular weight is 353 g/mol. The smallest absolute Gasteiger partial charge is 0.111 e. The molecule has 0 fully saturated rings. The molecule has 0 aliphatic carbocycles. The van der Waals surface area contributed by atoms with Gasteiger partial charge in [0.1, 0.15) is 18.3 Å². The zero-order valence-corrected chi connectivity index (χ0v) is 15.0. The lowest BCUT2D eigenvalue weighted by Crippen LogP contribution is -2.50. The van der Waals surface area contributed by atoms with Gasteiger partial charge < -0.3 is 40.3 Å². The third kappa shape index (κ3) is 10.5. The molecule has 0 saturated heterocycles. The van der Waals surface area contributed by atoms with E-state index >= 15 is 0 Å². The molecule has 0 bridgehead atoms. The Morgan fingerprint density at radius 1 is 0.917 bits per heavy atom. The van der Waals surface area contributed by atoms with Crippen molar-refractivity contribution in [2.75, 3.05) is 40.0 Å². The van der Waals surface area contributed by atoms with Gasteiger partial charge in [-0.2, -0.15) is 0 Å². The Bertz CT molecular complexity index is 306. The van der Waals surface area contributed by atoms with Crippen LogP contribution in [0.25, 0.3) is 0 Å². The summed E-state index contributed by atoms with van der Waals surface area (Å²) in [5.74, 6) is 0.622. The summed E-state index contributed by atoms with van der Waals surface area (Å²) in [6.45, 7) is 4.56. The maximum atomic E-state index is 9.88. The Hall–Kier alpha value is -0.320. The first-order valence-electron chi connectivity index (χ1n) is 8.46. The Morgan fingerprint density at radius 2 is 1.50 bits per heavy atom. The van der Waals surface area contributed by atoms with Gasteiger partial charge in [0.05, 0.1) is 25.4 Å². The number of rotatable bonds is 14. The van der Waals surface area contributed by atoms with Crippen LogP contribution >= 0.6 is 0 Å². The fourth-order valence-corrected chi connectivity index (χ4v) is 2.29. The lowest BCUT2D eigenvalue weighted by Gasteiger charge is -2.29. The Balaban J connectivity index is 3.99. The van der Waals surface area contributed by atoms with E-state index in [1.54, 1.807) is 11.9 Å². The predicted molar refractivity (Wildman–Crippen MR) is 89.5 cm³/mol. The first-order chi connectivity index (χ1) is 11.2. The molecule has 0 spiro atoms. The molecule has 0 saturated carbocycles. The molecule has 0 aromatic carbocycles. The molecule has 0 aromatic heterocycles. The number of ether oxygens (including phenoxy) is 1. The van der Waals surface area contributed by atoms with Crippen LogP contribution in [0.2, 0.25) is 0 Å². The second kappa shape index (κ2) is 13.0. The normalized spacial score (nSPS) is 18.6. The van der Waals surface area contributed by atoms with Gasteiger partial charge in [0, 0.05) is 19.7 Å². The molecule has 0 amide bonds. The van der Waals surface area contributed by atoms with Gasteiger partial charge in [-0.3, -0.25) is 0 Å². The van der Waals surface area contributed by atoms with Crippen LogP contribution in [0.15, 0.2) is 0 Å². The van der Waals surface area contributed by atoms with E-state index in [4.69, 9.17) is 9.84 Å². The van der Waals surface area contributed by atoms with Crippen LogP contribution in [0.3, 0.4) is 0 Å². The lowest BCUT2D eigenvalue weighted by atomic mass is 10.0. The zero-order valence-electron chi connectivity index (χ0n) is 15.0. The Morgan fingerprint density at radius 3 is 2.04 bits per heavy atom. The number of likely N-dealkylation sites (N-methyl/N-ethyl adjacent to an activating group) is 1. The highest BCUT2D eigenvalue weighted by Gasteiger charge is 2.30. The van der Waals surface area contributed by atoms with E-state index < -0.39 is 37.1 Å². The minimum atomic E-state index is -1.65. The van der Waals surface area contributed by atoms with Gasteiger partial charge in [0.2, 0.25) is 0 Å². The van der Waals surface area contributed by atoms with Gasteiger partial charge in [0.15, 0.2) is 0 Å². The fourth-order valence-electron chi connectivity index (χ4n) is 2.29. The van der Waals surface area contributed by atoms with E-state index in [0.717, 1.165) is 12.8 Å². The van der Waals surface area contributed by atoms with Crippen LogP contribution < -0.4 is 0 Å². The molecule has 8 nitrogen and oxygen atoms in total. The molecule has 0 aromatic rings. The molecule has 0 aliphatic rings. The van der Waals surface area contributed by atoms with E-state index in [9.17, 15) is 25.5 Å². The topological polar surface area (TPSA) is 134 Å². The fraction of sp³-hybridized carbons (Fsp3) is 1.00. The zero-order chi connectivity index (χ0) is 18.7. The molecular weight excluding hydrogens is 318 g/mol. The molecule has 6 N–H and O–H groups in total. The quantitative estimate of drug-likeness (QED) is 0.201. The number of hydrogen-bond donors (Lipinski definition) is 6. The van der Waals surface area contributed by atoms with Crippen molar-refractivity contribution in [2.24, 2.45) is 5.92 Å². The SMILES string of the molecule is CC(C)CCCOCC(O)CN(C)CC(O)C(O)C(O)C(O)CO. The van der Waals surface area contributed by atoms with E-state index in [2.05, 4.69) is 13.8 Å². The summed E-state index contributed by atoms with van der Waals surface area (Å²) < 4.78 is 5.39. The number of aliphatic hydroxyl groups excluding tert-OH is 6. The van der Waals surface area contributed by atoms with Crippen LogP contribution in [0, 0.1) is 5.92 Å². The molecule has 5 atom stereocenters. The summed E-state index contributed by atoms with van der Waals surface area (Å²) in [4.78, 5) is 1.59. The summed E-state index contributed by atoms with van der Waals surface area (Å²) in [5.41, 5.74) is 0. The summed E-state index contributed by atoms with van der Waals surface area (Å²) in [5, 5.41) is 57.0. The Labute approximate surface area is 144 Å². The van der Waals surface area contributed by atoms with Gasteiger partial charge in [-0.1, -0.05) is 13.8 Å². The van der Waals surface area contributed by atoms with E-state index in [1.165, 1.54) is 0 Å². The van der Waals surface area contributed by atoms with E-state index in [0.29, 0.717) is 12.5 Å². The van der Waals surface area contributed by atoms with Crippen molar-refractivity contribution >= 4 is 0 Å². The van der Waals surface area contributed by atoms with Crippen molar-refractivity contribution < 1.29 is 35.4 Å².